The Kier molecular flexibility index (Phi) is 4.61. The summed E-state index contributed by atoms with van der Waals surface area (Å²) in [7, 11) is 0. The zero-order valence-electron chi connectivity index (χ0n) is 22.1. The molecule has 3 nitrogen and oxygen atoms in total. The van der Waals surface area contributed by atoms with Gasteiger partial charge in [0.1, 0.15) is 0 Å². The summed E-state index contributed by atoms with van der Waals surface area (Å²) in [6.45, 7) is 0. The van der Waals surface area contributed by atoms with Crippen LogP contribution < -0.4 is 0 Å². The molecule has 0 bridgehead atoms. The predicted molar refractivity (Wildman–Crippen MR) is 171 cm³/mol. The first-order valence-electron chi connectivity index (χ1n) is 13.9. The molecule has 2 aromatic heterocycles. The van der Waals surface area contributed by atoms with Gasteiger partial charge in [0.25, 0.3) is 0 Å². The fourth-order valence-electron chi connectivity index (χ4n) is 6.58. The largest absolute Gasteiger partial charge is 0.278 e. The molecule has 0 aliphatic heterocycles. The highest BCUT2D eigenvalue weighted by molar-refractivity contribution is 6.39. The minimum Gasteiger partial charge on any atom is -0.278 e. The molecule has 0 amide bonds. The van der Waals surface area contributed by atoms with Gasteiger partial charge in [-0.15, -0.1) is 0 Å². The number of hydrogen-bond acceptors (Lipinski definition) is 2. The van der Waals surface area contributed by atoms with Crippen LogP contribution in [-0.4, -0.2) is 14.5 Å². The molecule has 0 radical (unpaired) electrons. The van der Waals surface area contributed by atoms with Crippen LogP contribution in [0.1, 0.15) is 0 Å². The Labute approximate surface area is 236 Å². The molecule has 9 rings (SSSR count). The van der Waals surface area contributed by atoms with Gasteiger partial charge in [-0.3, -0.25) is 4.57 Å². The lowest BCUT2D eigenvalue weighted by Crippen LogP contribution is -2.04. The summed E-state index contributed by atoms with van der Waals surface area (Å²) in [6.07, 6.45) is 0. The lowest BCUT2D eigenvalue weighted by molar-refractivity contribution is 0.996. The van der Waals surface area contributed by atoms with Gasteiger partial charge in [-0.1, -0.05) is 121 Å². The summed E-state index contributed by atoms with van der Waals surface area (Å²) in [4.78, 5) is 10.5. The first kappa shape index (κ1) is 22.3. The standard InChI is InChI=1S/C38H23N3/c1-3-12-24(13-4-1)31-23-32(25-14-5-2-6-15-25)40-38(39-31)41-33-21-11-20-30-28-18-9-10-19-29(28)35-27-17-8-7-16-26(27)22-34(41)37(35)36(30)33/h1-23H. The summed E-state index contributed by atoms with van der Waals surface area (Å²) >= 11 is 0. The Bertz CT molecular complexity index is 2340. The summed E-state index contributed by atoms with van der Waals surface area (Å²) in [5, 5.41) is 10.1. The van der Waals surface area contributed by atoms with E-state index >= 15 is 0 Å². The molecular formula is C38H23N3. The number of benzene rings is 7. The molecule has 7 aromatic carbocycles. The van der Waals surface area contributed by atoms with Crippen molar-refractivity contribution in [3.05, 3.63) is 140 Å². The molecule has 2 heterocycles. The summed E-state index contributed by atoms with van der Waals surface area (Å²) < 4.78 is 2.27. The Morgan fingerprint density at radius 2 is 0.951 bits per heavy atom. The Morgan fingerprint density at radius 1 is 0.390 bits per heavy atom. The van der Waals surface area contributed by atoms with E-state index in [0.717, 1.165) is 33.5 Å². The van der Waals surface area contributed by atoms with E-state index in [1.807, 2.05) is 12.1 Å². The van der Waals surface area contributed by atoms with Crippen LogP contribution >= 0.6 is 0 Å². The van der Waals surface area contributed by atoms with Crippen LogP contribution in [0.5, 0.6) is 0 Å². The highest BCUT2D eigenvalue weighted by atomic mass is 15.2. The maximum Gasteiger partial charge on any atom is 0.235 e. The van der Waals surface area contributed by atoms with Crippen molar-refractivity contribution in [2.75, 3.05) is 0 Å². The van der Waals surface area contributed by atoms with E-state index in [4.69, 9.17) is 9.97 Å². The zero-order valence-corrected chi connectivity index (χ0v) is 22.1. The van der Waals surface area contributed by atoms with Gasteiger partial charge in [0, 0.05) is 27.3 Å². The number of aromatic nitrogens is 3. The van der Waals surface area contributed by atoms with Gasteiger partial charge < -0.3 is 0 Å². The van der Waals surface area contributed by atoms with E-state index in [1.165, 1.54) is 43.1 Å². The first-order valence-corrected chi connectivity index (χ1v) is 13.9. The van der Waals surface area contributed by atoms with E-state index in [9.17, 15) is 0 Å². The van der Waals surface area contributed by atoms with E-state index in [0.29, 0.717) is 5.95 Å². The molecule has 0 N–H and O–H groups in total. The monoisotopic (exact) mass is 521 g/mol. The van der Waals surface area contributed by atoms with E-state index in [2.05, 4.69) is 132 Å². The fraction of sp³-hybridized carbons (Fsp3) is 0. The second kappa shape index (κ2) is 8.48. The molecular weight excluding hydrogens is 498 g/mol. The average molecular weight is 522 g/mol. The van der Waals surface area contributed by atoms with Crippen molar-refractivity contribution >= 4 is 54.1 Å². The van der Waals surface area contributed by atoms with Gasteiger partial charge in [-0.2, -0.15) is 0 Å². The van der Waals surface area contributed by atoms with Crippen LogP contribution in [0, 0.1) is 0 Å². The maximum absolute atomic E-state index is 5.23. The molecule has 0 aliphatic carbocycles. The van der Waals surface area contributed by atoms with Crippen molar-refractivity contribution in [1.29, 1.82) is 0 Å². The zero-order chi connectivity index (χ0) is 26.9. The highest BCUT2D eigenvalue weighted by Gasteiger charge is 2.23. The Morgan fingerprint density at radius 3 is 1.66 bits per heavy atom. The second-order valence-electron chi connectivity index (χ2n) is 10.6. The fourth-order valence-corrected chi connectivity index (χ4v) is 6.58. The van der Waals surface area contributed by atoms with Crippen molar-refractivity contribution in [3.63, 3.8) is 0 Å². The molecule has 41 heavy (non-hydrogen) atoms. The minimum atomic E-state index is 0.676. The molecule has 0 spiro atoms. The SMILES string of the molecule is c1ccc(-c2cc(-c3ccccc3)nc(-n3c4cccc5c6ccccc6c6c7ccccc7cc3c6c54)n2)cc1. The molecule has 3 heteroatoms. The van der Waals surface area contributed by atoms with E-state index < -0.39 is 0 Å². The molecule has 0 atom stereocenters. The van der Waals surface area contributed by atoms with E-state index in [1.54, 1.807) is 0 Å². The lowest BCUT2D eigenvalue weighted by atomic mass is 9.91. The van der Waals surface area contributed by atoms with Crippen molar-refractivity contribution in [1.82, 2.24) is 14.5 Å². The predicted octanol–water partition coefficient (Wildman–Crippen LogP) is 9.81. The van der Waals surface area contributed by atoms with Gasteiger partial charge >= 0.3 is 0 Å². The normalized spacial score (nSPS) is 11.9. The molecule has 0 saturated heterocycles. The number of rotatable bonds is 3. The molecule has 0 saturated carbocycles. The van der Waals surface area contributed by atoms with Crippen LogP contribution in [0.2, 0.25) is 0 Å². The van der Waals surface area contributed by atoms with Gasteiger partial charge in [-0.25, -0.2) is 9.97 Å². The highest BCUT2D eigenvalue weighted by Crippen LogP contribution is 2.46. The average Bonchev–Trinajstić information content (AvgIpc) is 3.38. The first-order chi connectivity index (χ1) is 20.3. The lowest BCUT2D eigenvalue weighted by Gasteiger charge is -2.12. The molecule has 9 aromatic rings. The van der Waals surface area contributed by atoms with Crippen molar-refractivity contribution < 1.29 is 0 Å². The summed E-state index contributed by atoms with van der Waals surface area (Å²) in [5.41, 5.74) is 6.18. The molecule has 0 unspecified atom stereocenters. The van der Waals surface area contributed by atoms with Crippen LogP contribution in [0.25, 0.3) is 82.6 Å². The minimum absolute atomic E-state index is 0.676. The number of nitrogens with zero attached hydrogens (tertiary/aromatic N) is 3. The van der Waals surface area contributed by atoms with Crippen LogP contribution in [-0.2, 0) is 0 Å². The summed E-state index contributed by atoms with van der Waals surface area (Å²) in [6, 6.07) is 49.3. The third-order valence-electron chi connectivity index (χ3n) is 8.34. The number of hydrogen-bond donors (Lipinski definition) is 0. The smallest absolute Gasteiger partial charge is 0.235 e. The van der Waals surface area contributed by atoms with Gasteiger partial charge in [0.2, 0.25) is 5.95 Å². The second-order valence-corrected chi connectivity index (χ2v) is 10.6. The van der Waals surface area contributed by atoms with Crippen LogP contribution in [0.15, 0.2) is 140 Å². The van der Waals surface area contributed by atoms with Gasteiger partial charge in [0.05, 0.1) is 22.4 Å². The third kappa shape index (κ3) is 3.20. The molecule has 0 aliphatic rings. The Hall–Kier alpha value is -5.54. The van der Waals surface area contributed by atoms with Crippen LogP contribution in [0.3, 0.4) is 0 Å². The Balaban J connectivity index is 1.49. The van der Waals surface area contributed by atoms with Crippen molar-refractivity contribution in [2.24, 2.45) is 0 Å². The maximum atomic E-state index is 5.23. The van der Waals surface area contributed by atoms with Gasteiger partial charge in [-0.05, 0) is 45.1 Å². The quantitative estimate of drug-likeness (QED) is 0.217. The molecule has 0 fully saturated rings. The molecule has 190 valence electrons. The third-order valence-corrected chi connectivity index (χ3v) is 8.34. The summed E-state index contributed by atoms with van der Waals surface area (Å²) in [5.74, 6) is 0.676. The topological polar surface area (TPSA) is 30.7 Å². The van der Waals surface area contributed by atoms with Crippen molar-refractivity contribution in [3.8, 4) is 28.5 Å². The van der Waals surface area contributed by atoms with Crippen molar-refractivity contribution in [2.45, 2.75) is 0 Å². The number of fused-ring (bicyclic) bond motifs is 5. The van der Waals surface area contributed by atoms with Gasteiger partial charge in [0.15, 0.2) is 0 Å². The van der Waals surface area contributed by atoms with E-state index in [-0.39, 0.29) is 0 Å². The van der Waals surface area contributed by atoms with Crippen LogP contribution in [0.4, 0.5) is 0 Å².